The number of aromatic amines is 1. The maximum absolute atomic E-state index is 8.80. The van der Waals surface area contributed by atoms with Gasteiger partial charge in [-0.05, 0) is 12.1 Å². The van der Waals surface area contributed by atoms with E-state index in [1.807, 2.05) is 6.07 Å². The fourth-order valence-corrected chi connectivity index (χ4v) is 1.37. The van der Waals surface area contributed by atoms with Crippen LogP contribution in [0.4, 0.5) is 5.95 Å². The minimum atomic E-state index is 0. The van der Waals surface area contributed by atoms with Crippen molar-refractivity contribution in [3.8, 4) is 6.07 Å². The first-order valence-electron chi connectivity index (χ1n) is 3.56. The second kappa shape index (κ2) is 3.86. The summed E-state index contributed by atoms with van der Waals surface area (Å²) in [6, 6.07) is 5.36. The van der Waals surface area contributed by atoms with Crippen LogP contribution in [0.25, 0.3) is 11.0 Å². The Balaban J connectivity index is 0.000000980. The zero-order valence-corrected chi connectivity index (χ0v) is 9.38. The Morgan fingerprint density at radius 2 is 2.21 bits per heavy atom. The number of nitrogens with two attached hydrogens (primary N) is 1. The normalized spacial score (nSPS) is 9.43. The van der Waals surface area contributed by atoms with Crippen LogP contribution in [0.2, 0.25) is 5.02 Å². The van der Waals surface area contributed by atoms with Gasteiger partial charge in [-0.2, -0.15) is 5.26 Å². The van der Waals surface area contributed by atoms with E-state index in [9.17, 15) is 0 Å². The van der Waals surface area contributed by atoms with Gasteiger partial charge >= 0.3 is 0 Å². The number of halogens is 2. The summed E-state index contributed by atoms with van der Waals surface area (Å²) in [4.78, 5) is 6.78. The highest BCUT2D eigenvalue weighted by atomic mass is 79.9. The lowest BCUT2D eigenvalue weighted by Crippen LogP contribution is -1.84. The topological polar surface area (TPSA) is 78.5 Å². The molecule has 0 spiro atoms. The van der Waals surface area contributed by atoms with Crippen molar-refractivity contribution in [2.45, 2.75) is 0 Å². The molecule has 0 fully saturated rings. The summed E-state index contributed by atoms with van der Waals surface area (Å²) in [5, 5.41) is 9.19. The van der Waals surface area contributed by atoms with Gasteiger partial charge in [0.05, 0.1) is 16.1 Å². The Morgan fingerprint density at radius 3 is 2.86 bits per heavy atom. The van der Waals surface area contributed by atoms with Crippen LogP contribution < -0.4 is 5.73 Å². The van der Waals surface area contributed by atoms with Gasteiger partial charge in [0.1, 0.15) is 11.6 Å². The third kappa shape index (κ3) is 1.54. The molecule has 0 aliphatic rings. The number of nitriles is 1. The lowest BCUT2D eigenvalue weighted by molar-refractivity contribution is 1.35. The van der Waals surface area contributed by atoms with Crippen molar-refractivity contribution in [2.24, 2.45) is 0 Å². The molecule has 1 heterocycles. The number of nitrogen functional groups attached to an aromatic ring is 1. The van der Waals surface area contributed by atoms with E-state index in [1.165, 1.54) is 0 Å². The summed E-state index contributed by atoms with van der Waals surface area (Å²) in [5.74, 6) is 0.286. The predicted octanol–water partition coefficient (Wildman–Crippen LogP) is 2.25. The van der Waals surface area contributed by atoms with Crippen molar-refractivity contribution in [2.75, 3.05) is 5.73 Å². The maximum Gasteiger partial charge on any atom is 0.198 e. The van der Waals surface area contributed by atoms with Crippen LogP contribution in [0.3, 0.4) is 0 Å². The molecule has 1 aromatic carbocycles. The lowest BCUT2D eigenvalue weighted by atomic mass is 10.2. The van der Waals surface area contributed by atoms with Crippen LogP contribution in [0.5, 0.6) is 0 Å². The molecular formula is C8H6BrClN4. The fourth-order valence-electron chi connectivity index (χ4n) is 1.18. The molecule has 0 atom stereocenters. The molecule has 4 nitrogen and oxygen atoms in total. The van der Waals surface area contributed by atoms with E-state index in [0.29, 0.717) is 16.1 Å². The second-order valence-corrected chi connectivity index (χ2v) is 2.96. The average Bonchev–Trinajstić information content (AvgIpc) is 2.45. The van der Waals surface area contributed by atoms with Gasteiger partial charge in [0.15, 0.2) is 5.95 Å². The Bertz CT molecular complexity index is 514. The van der Waals surface area contributed by atoms with E-state index in [1.54, 1.807) is 12.1 Å². The standard InChI is InChI=1S/C8H5ClN4.BrH/c9-5-1-2-6-7(4(5)3-10)13-8(11)12-6;/h1-2H,(H3,11,12,13);1H. The van der Waals surface area contributed by atoms with Gasteiger partial charge in [-0.1, -0.05) is 11.6 Å². The van der Waals surface area contributed by atoms with Gasteiger partial charge in [-0.25, -0.2) is 4.98 Å². The molecule has 1 aromatic heterocycles. The third-order valence-corrected chi connectivity index (χ3v) is 2.05. The van der Waals surface area contributed by atoms with Crippen LogP contribution >= 0.6 is 28.6 Å². The number of fused-ring (bicyclic) bond motifs is 1. The summed E-state index contributed by atoms with van der Waals surface area (Å²) < 4.78 is 0. The number of hydrogen-bond acceptors (Lipinski definition) is 3. The highest BCUT2D eigenvalue weighted by Crippen LogP contribution is 2.23. The number of imidazole rings is 1. The van der Waals surface area contributed by atoms with E-state index >= 15 is 0 Å². The Labute approximate surface area is 95.5 Å². The van der Waals surface area contributed by atoms with E-state index in [4.69, 9.17) is 22.6 Å². The van der Waals surface area contributed by atoms with Crippen molar-refractivity contribution in [1.29, 1.82) is 5.26 Å². The number of rotatable bonds is 0. The van der Waals surface area contributed by atoms with Crippen molar-refractivity contribution in [3.63, 3.8) is 0 Å². The molecule has 0 amide bonds. The lowest BCUT2D eigenvalue weighted by Gasteiger charge is -1.93. The minimum absolute atomic E-state index is 0. The SMILES string of the molecule is Br.N#Cc1c(Cl)ccc2[nH]c(N)nc12. The minimum Gasteiger partial charge on any atom is -0.369 e. The van der Waals surface area contributed by atoms with E-state index in [0.717, 1.165) is 5.52 Å². The van der Waals surface area contributed by atoms with E-state index < -0.39 is 0 Å². The fraction of sp³-hybridized carbons (Fsp3) is 0. The Kier molecular flexibility index (Phi) is 2.99. The second-order valence-electron chi connectivity index (χ2n) is 2.55. The number of H-pyrrole nitrogens is 1. The number of aromatic nitrogens is 2. The average molecular weight is 274 g/mol. The summed E-state index contributed by atoms with van der Waals surface area (Å²) in [6.45, 7) is 0. The van der Waals surface area contributed by atoms with Crippen LogP contribution in [0, 0.1) is 11.3 Å². The molecule has 2 rings (SSSR count). The number of hydrogen-bond donors (Lipinski definition) is 2. The molecule has 0 radical (unpaired) electrons. The first-order chi connectivity index (χ1) is 6.22. The summed E-state index contributed by atoms with van der Waals surface area (Å²) in [5.41, 5.74) is 7.04. The van der Waals surface area contributed by atoms with Gasteiger partial charge in [-0.3, -0.25) is 0 Å². The molecule has 0 aliphatic carbocycles. The number of nitrogens with one attached hydrogen (secondary N) is 1. The maximum atomic E-state index is 8.80. The number of nitrogens with zero attached hydrogens (tertiary/aromatic N) is 2. The molecule has 2 aromatic rings. The zero-order valence-electron chi connectivity index (χ0n) is 6.91. The summed E-state index contributed by atoms with van der Waals surface area (Å²) in [7, 11) is 0. The van der Waals surface area contributed by atoms with E-state index in [2.05, 4.69) is 9.97 Å². The predicted molar refractivity (Wildman–Crippen MR) is 60.6 cm³/mol. The van der Waals surface area contributed by atoms with Gasteiger partial charge in [0.2, 0.25) is 0 Å². The molecular weight excluding hydrogens is 267 g/mol. The Morgan fingerprint density at radius 1 is 1.50 bits per heavy atom. The van der Waals surface area contributed by atoms with Crippen LogP contribution in [-0.4, -0.2) is 9.97 Å². The van der Waals surface area contributed by atoms with Crippen molar-refractivity contribution < 1.29 is 0 Å². The van der Waals surface area contributed by atoms with Crippen LogP contribution in [-0.2, 0) is 0 Å². The molecule has 3 N–H and O–H groups in total. The zero-order chi connectivity index (χ0) is 9.42. The first kappa shape index (κ1) is 10.8. The van der Waals surface area contributed by atoms with Gasteiger partial charge in [0.25, 0.3) is 0 Å². The largest absolute Gasteiger partial charge is 0.369 e. The molecule has 0 unspecified atom stereocenters. The molecule has 6 heteroatoms. The van der Waals surface area contributed by atoms with E-state index in [-0.39, 0.29) is 22.9 Å². The van der Waals surface area contributed by atoms with Crippen molar-refractivity contribution in [3.05, 3.63) is 22.7 Å². The molecule has 0 bridgehead atoms. The van der Waals surface area contributed by atoms with Crippen molar-refractivity contribution in [1.82, 2.24) is 9.97 Å². The van der Waals surface area contributed by atoms with Crippen LogP contribution in [0.1, 0.15) is 5.56 Å². The highest BCUT2D eigenvalue weighted by molar-refractivity contribution is 8.93. The molecule has 0 saturated carbocycles. The molecule has 72 valence electrons. The summed E-state index contributed by atoms with van der Waals surface area (Å²) in [6.07, 6.45) is 0. The molecule has 14 heavy (non-hydrogen) atoms. The quantitative estimate of drug-likeness (QED) is 0.772. The number of benzene rings is 1. The number of anilines is 1. The van der Waals surface area contributed by atoms with Crippen LogP contribution in [0.15, 0.2) is 12.1 Å². The Hall–Kier alpha value is -1.25. The highest BCUT2D eigenvalue weighted by Gasteiger charge is 2.08. The van der Waals surface area contributed by atoms with Crippen molar-refractivity contribution >= 4 is 45.6 Å². The molecule has 0 aliphatic heterocycles. The molecule has 0 saturated heterocycles. The summed E-state index contributed by atoms with van der Waals surface area (Å²) >= 11 is 5.80. The monoisotopic (exact) mass is 272 g/mol. The van der Waals surface area contributed by atoms with Gasteiger partial charge < -0.3 is 10.7 Å². The van der Waals surface area contributed by atoms with Gasteiger partial charge in [0, 0.05) is 0 Å². The first-order valence-corrected chi connectivity index (χ1v) is 3.94. The van der Waals surface area contributed by atoms with Gasteiger partial charge in [-0.15, -0.1) is 17.0 Å². The smallest absolute Gasteiger partial charge is 0.198 e. The third-order valence-electron chi connectivity index (χ3n) is 1.73.